The Morgan fingerprint density at radius 1 is 1.32 bits per heavy atom. The summed E-state index contributed by atoms with van der Waals surface area (Å²) in [5.74, 6) is 0.648. The minimum absolute atomic E-state index is 0.0270. The Morgan fingerprint density at radius 3 is 2.64 bits per heavy atom. The first kappa shape index (κ1) is 14.9. The molecule has 0 aromatic carbocycles. The molecule has 1 aliphatic heterocycles. The number of amides is 2. The first-order chi connectivity index (χ1) is 10.5. The molecule has 2 aliphatic rings. The fourth-order valence-electron chi connectivity index (χ4n) is 3.00. The fraction of sp³-hybridized carbons (Fsp3) is 0.625. The van der Waals surface area contributed by atoms with Crippen molar-refractivity contribution in [3.63, 3.8) is 0 Å². The molecule has 6 nitrogen and oxygen atoms in total. The standard InChI is InChI=1S/C16H22N4O2/c1-10-7-11(2)19-14(18-10)5-6-17-16(22)12-8-15(21)20(9-12)13-3-4-13/h7,12-13H,3-6,8-9H2,1-2H3,(H,17,22). The zero-order valence-corrected chi connectivity index (χ0v) is 13.1. The first-order valence-corrected chi connectivity index (χ1v) is 7.91. The molecule has 1 saturated heterocycles. The number of aromatic nitrogens is 2. The molecular formula is C16H22N4O2. The third-order valence-corrected chi connectivity index (χ3v) is 4.19. The fourth-order valence-corrected chi connectivity index (χ4v) is 3.00. The van der Waals surface area contributed by atoms with Gasteiger partial charge in [0.2, 0.25) is 11.8 Å². The predicted octanol–water partition coefficient (Wildman–Crippen LogP) is 0.763. The lowest BCUT2D eigenvalue weighted by Crippen LogP contribution is -2.34. The number of nitrogens with one attached hydrogen (secondary N) is 1. The lowest BCUT2D eigenvalue weighted by Gasteiger charge is -2.15. The normalized spacial score (nSPS) is 21.3. The maximum absolute atomic E-state index is 12.2. The van der Waals surface area contributed by atoms with Crippen LogP contribution in [0, 0.1) is 19.8 Å². The van der Waals surface area contributed by atoms with Crippen LogP contribution in [0.5, 0.6) is 0 Å². The van der Waals surface area contributed by atoms with E-state index in [1.807, 2.05) is 24.8 Å². The number of rotatable bonds is 5. The van der Waals surface area contributed by atoms with E-state index in [9.17, 15) is 9.59 Å². The van der Waals surface area contributed by atoms with Gasteiger partial charge in [-0.3, -0.25) is 9.59 Å². The summed E-state index contributed by atoms with van der Waals surface area (Å²) in [7, 11) is 0. The van der Waals surface area contributed by atoms with Crippen molar-refractivity contribution in [2.75, 3.05) is 13.1 Å². The van der Waals surface area contributed by atoms with Gasteiger partial charge in [-0.15, -0.1) is 0 Å². The van der Waals surface area contributed by atoms with Crippen LogP contribution in [0.4, 0.5) is 0 Å². The van der Waals surface area contributed by atoms with Gasteiger partial charge < -0.3 is 10.2 Å². The molecule has 0 bridgehead atoms. The van der Waals surface area contributed by atoms with E-state index in [0.717, 1.165) is 30.1 Å². The van der Waals surface area contributed by atoms with E-state index in [1.165, 1.54) is 0 Å². The van der Waals surface area contributed by atoms with Crippen molar-refractivity contribution in [3.05, 3.63) is 23.3 Å². The van der Waals surface area contributed by atoms with Gasteiger partial charge in [-0.05, 0) is 32.8 Å². The number of aryl methyl sites for hydroxylation is 2. The Balaban J connectivity index is 1.47. The summed E-state index contributed by atoms with van der Waals surface area (Å²) < 4.78 is 0. The summed E-state index contributed by atoms with van der Waals surface area (Å²) in [5.41, 5.74) is 1.88. The van der Waals surface area contributed by atoms with Crippen molar-refractivity contribution < 1.29 is 9.59 Å². The number of hydrogen-bond donors (Lipinski definition) is 1. The van der Waals surface area contributed by atoms with Crippen molar-refractivity contribution >= 4 is 11.8 Å². The van der Waals surface area contributed by atoms with Crippen LogP contribution in [-0.4, -0.2) is 45.8 Å². The average Bonchev–Trinajstić information content (AvgIpc) is 3.20. The molecule has 6 heteroatoms. The third kappa shape index (κ3) is 3.43. The van der Waals surface area contributed by atoms with E-state index in [1.54, 1.807) is 0 Å². The van der Waals surface area contributed by atoms with E-state index in [-0.39, 0.29) is 17.7 Å². The van der Waals surface area contributed by atoms with Crippen LogP contribution < -0.4 is 5.32 Å². The van der Waals surface area contributed by atoms with Crippen molar-refractivity contribution in [2.45, 2.75) is 45.6 Å². The number of carbonyl (C=O) groups excluding carboxylic acids is 2. The third-order valence-electron chi connectivity index (χ3n) is 4.19. The number of likely N-dealkylation sites (tertiary alicyclic amines) is 1. The van der Waals surface area contributed by atoms with E-state index in [2.05, 4.69) is 15.3 Å². The lowest BCUT2D eigenvalue weighted by molar-refractivity contribution is -0.129. The maximum atomic E-state index is 12.2. The maximum Gasteiger partial charge on any atom is 0.225 e. The van der Waals surface area contributed by atoms with Gasteiger partial charge >= 0.3 is 0 Å². The van der Waals surface area contributed by atoms with Gasteiger partial charge in [-0.2, -0.15) is 0 Å². The molecule has 2 fully saturated rings. The van der Waals surface area contributed by atoms with E-state index in [4.69, 9.17) is 0 Å². The zero-order valence-electron chi connectivity index (χ0n) is 13.1. The van der Waals surface area contributed by atoms with Gasteiger partial charge in [0, 0.05) is 43.4 Å². The van der Waals surface area contributed by atoms with E-state index >= 15 is 0 Å². The second-order valence-electron chi connectivity index (χ2n) is 6.29. The van der Waals surface area contributed by atoms with Crippen molar-refractivity contribution in [2.24, 2.45) is 5.92 Å². The Labute approximate surface area is 130 Å². The Hall–Kier alpha value is -1.98. The van der Waals surface area contributed by atoms with Gasteiger partial charge in [-0.25, -0.2) is 9.97 Å². The quantitative estimate of drug-likeness (QED) is 0.871. The van der Waals surface area contributed by atoms with Crippen LogP contribution in [0.1, 0.15) is 36.5 Å². The van der Waals surface area contributed by atoms with Gasteiger partial charge in [0.15, 0.2) is 0 Å². The summed E-state index contributed by atoms with van der Waals surface area (Å²) >= 11 is 0. The molecule has 1 atom stereocenters. The molecule has 0 radical (unpaired) electrons. The zero-order chi connectivity index (χ0) is 15.7. The molecule has 2 heterocycles. The molecule has 22 heavy (non-hydrogen) atoms. The highest BCUT2D eigenvalue weighted by molar-refractivity contribution is 5.89. The molecule has 0 spiro atoms. The predicted molar refractivity (Wildman–Crippen MR) is 81.1 cm³/mol. The summed E-state index contributed by atoms with van der Waals surface area (Å²) in [5, 5.41) is 2.91. The van der Waals surface area contributed by atoms with Crippen molar-refractivity contribution in [1.82, 2.24) is 20.2 Å². The summed E-state index contributed by atoms with van der Waals surface area (Å²) in [6.07, 6.45) is 3.14. The molecule has 1 aliphatic carbocycles. The van der Waals surface area contributed by atoms with Crippen molar-refractivity contribution in [3.8, 4) is 0 Å². The van der Waals surface area contributed by atoms with E-state index < -0.39 is 0 Å². The van der Waals surface area contributed by atoms with Gasteiger partial charge in [0.05, 0.1) is 5.92 Å². The van der Waals surface area contributed by atoms with Gasteiger partial charge in [0.25, 0.3) is 0 Å². The minimum atomic E-state index is -0.201. The highest BCUT2D eigenvalue weighted by Crippen LogP contribution is 2.32. The van der Waals surface area contributed by atoms with Crippen LogP contribution in [0.15, 0.2) is 6.07 Å². The van der Waals surface area contributed by atoms with Gasteiger partial charge in [0.1, 0.15) is 5.82 Å². The summed E-state index contributed by atoms with van der Waals surface area (Å²) in [4.78, 5) is 34.6. The molecule has 1 N–H and O–H groups in total. The number of carbonyl (C=O) groups is 2. The average molecular weight is 302 g/mol. The lowest BCUT2D eigenvalue weighted by atomic mass is 10.1. The monoisotopic (exact) mass is 302 g/mol. The Kier molecular flexibility index (Phi) is 4.09. The summed E-state index contributed by atoms with van der Waals surface area (Å²) in [6.45, 7) is 4.96. The van der Waals surface area contributed by atoms with Crippen LogP contribution in [0.2, 0.25) is 0 Å². The summed E-state index contributed by atoms with van der Waals surface area (Å²) in [6, 6.07) is 2.33. The molecule has 2 amide bonds. The minimum Gasteiger partial charge on any atom is -0.355 e. The molecule has 1 unspecified atom stereocenters. The molecular weight excluding hydrogens is 280 g/mol. The SMILES string of the molecule is Cc1cc(C)nc(CCNC(=O)C2CC(=O)N(C3CC3)C2)n1. The highest BCUT2D eigenvalue weighted by atomic mass is 16.2. The van der Waals surface area contributed by atoms with E-state index in [0.29, 0.717) is 32.0 Å². The van der Waals surface area contributed by atoms with Crippen LogP contribution in [0.3, 0.4) is 0 Å². The molecule has 1 saturated carbocycles. The van der Waals surface area contributed by atoms with Gasteiger partial charge in [-0.1, -0.05) is 0 Å². The molecule has 3 rings (SSSR count). The van der Waals surface area contributed by atoms with Crippen LogP contribution in [0.25, 0.3) is 0 Å². The van der Waals surface area contributed by atoms with Crippen molar-refractivity contribution in [1.29, 1.82) is 0 Å². The number of hydrogen-bond acceptors (Lipinski definition) is 4. The second kappa shape index (κ2) is 6.02. The first-order valence-electron chi connectivity index (χ1n) is 7.91. The topological polar surface area (TPSA) is 75.2 Å². The molecule has 1 aromatic rings. The highest BCUT2D eigenvalue weighted by Gasteiger charge is 2.41. The largest absolute Gasteiger partial charge is 0.355 e. The number of nitrogens with zero attached hydrogens (tertiary/aromatic N) is 3. The molecule has 118 valence electrons. The van der Waals surface area contributed by atoms with Crippen LogP contribution >= 0.6 is 0 Å². The Bertz CT molecular complexity index is 578. The Morgan fingerprint density at radius 2 is 2.00 bits per heavy atom. The smallest absolute Gasteiger partial charge is 0.225 e. The molecule has 1 aromatic heterocycles. The second-order valence-corrected chi connectivity index (χ2v) is 6.29. The van der Waals surface area contributed by atoms with Crippen LogP contribution in [-0.2, 0) is 16.0 Å².